The predicted octanol–water partition coefficient (Wildman–Crippen LogP) is 2.81. The van der Waals surface area contributed by atoms with Crippen molar-refractivity contribution in [1.82, 2.24) is 19.7 Å². The van der Waals surface area contributed by atoms with Crippen LogP contribution >= 0.6 is 11.3 Å². The van der Waals surface area contributed by atoms with Crippen molar-refractivity contribution in [2.75, 3.05) is 60.0 Å². The first-order valence-corrected chi connectivity index (χ1v) is 11.3. The lowest BCUT2D eigenvalue weighted by atomic mass is 10.2. The number of hydrogen-bond donors (Lipinski definition) is 0. The van der Waals surface area contributed by atoms with Gasteiger partial charge >= 0.3 is 0 Å². The highest BCUT2D eigenvalue weighted by Crippen LogP contribution is 2.35. The van der Waals surface area contributed by atoms with Crippen LogP contribution in [0.15, 0.2) is 23.6 Å². The number of benzene rings is 1. The first kappa shape index (κ1) is 22.5. The molecular weight excluding hydrogens is 400 g/mol. The van der Waals surface area contributed by atoms with Crippen LogP contribution in [0.4, 0.5) is 0 Å². The molecule has 0 atom stereocenters. The van der Waals surface area contributed by atoms with Crippen molar-refractivity contribution in [3.05, 3.63) is 29.3 Å². The number of thiazole rings is 1. The van der Waals surface area contributed by atoms with E-state index in [-0.39, 0.29) is 5.91 Å². The first-order chi connectivity index (χ1) is 14.6. The van der Waals surface area contributed by atoms with E-state index >= 15 is 0 Å². The summed E-state index contributed by atoms with van der Waals surface area (Å²) in [4.78, 5) is 23.7. The van der Waals surface area contributed by atoms with E-state index in [0.717, 1.165) is 73.6 Å². The van der Waals surface area contributed by atoms with E-state index in [9.17, 15) is 4.79 Å². The highest BCUT2D eigenvalue weighted by Gasteiger charge is 2.21. The Bertz CT molecular complexity index is 830. The van der Waals surface area contributed by atoms with Gasteiger partial charge in [-0.15, -0.1) is 11.3 Å². The number of aromatic nitrogens is 1. The smallest absolute Gasteiger partial charge is 0.236 e. The van der Waals surface area contributed by atoms with Gasteiger partial charge in [-0.25, -0.2) is 4.98 Å². The van der Waals surface area contributed by atoms with Gasteiger partial charge in [0.05, 0.1) is 32.0 Å². The zero-order chi connectivity index (χ0) is 21.5. The van der Waals surface area contributed by atoms with Gasteiger partial charge in [0, 0.05) is 57.3 Å². The molecule has 1 aromatic heterocycles. The Kier molecular flexibility index (Phi) is 8.07. The standard InChI is InChI=1S/C22H32N4O3S/c1-5-26(6-2)21(27)15-25-11-9-24(10-12-25)14-17-16-30-22(23-17)19-8-7-18(28-3)13-20(19)29-4/h7-8,13,16H,5-6,9-12,14-15H2,1-4H3. The quantitative estimate of drug-likeness (QED) is 0.607. The second-order valence-corrected chi connectivity index (χ2v) is 8.19. The molecule has 0 unspecified atom stereocenters. The molecule has 0 bridgehead atoms. The summed E-state index contributed by atoms with van der Waals surface area (Å²) in [6.45, 7) is 10.7. The van der Waals surface area contributed by atoms with E-state index in [4.69, 9.17) is 14.5 Å². The fourth-order valence-corrected chi connectivity index (χ4v) is 4.52. The zero-order valence-corrected chi connectivity index (χ0v) is 19.2. The maximum atomic E-state index is 12.3. The summed E-state index contributed by atoms with van der Waals surface area (Å²) in [5, 5.41) is 3.07. The number of ether oxygens (including phenoxy) is 2. The summed E-state index contributed by atoms with van der Waals surface area (Å²) < 4.78 is 10.8. The molecule has 0 saturated carbocycles. The fraction of sp³-hybridized carbons (Fsp3) is 0.545. The van der Waals surface area contributed by atoms with Gasteiger partial charge in [-0.2, -0.15) is 0 Å². The highest BCUT2D eigenvalue weighted by molar-refractivity contribution is 7.13. The molecular formula is C22H32N4O3S. The van der Waals surface area contributed by atoms with Gasteiger partial charge in [0.25, 0.3) is 0 Å². The van der Waals surface area contributed by atoms with Crippen molar-refractivity contribution in [2.24, 2.45) is 0 Å². The first-order valence-electron chi connectivity index (χ1n) is 10.5. The number of methoxy groups -OCH3 is 2. The van der Waals surface area contributed by atoms with Crippen molar-refractivity contribution >= 4 is 17.2 Å². The molecule has 1 fully saturated rings. The van der Waals surface area contributed by atoms with Gasteiger partial charge in [-0.05, 0) is 26.0 Å². The van der Waals surface area contributed by atoms with Gasteiger partial charge in [0.1, 0.15) is 16.5 Å². The van der Waals surface area contributed by atoms with E-state index in [0.29, 0.717) is 6.54 Å². The predicted molar refractivity (Wildman–Crippen MR) is 120 cm³/mol. The molecule has 1 aliphatic rings. The van der Waals surface area contributed by atoms with Crippen LogP contribution in [-0.4, -0.2) is 85.6 Å². The maximum Gasteiger partial charge on any atom is 0.236 e. The van der Waals surface area contributed by atoms with Crippen molar-refractivity contribution < 1.29 is 14.3 Å². The summed E-state index contributed by atoms with van der Waals surface area (Å²) >= 11 is 1.63. The van der Waals surface area contributed by atoms with Crippen molar-refractivity contribution in [2.45, 2.75) is 20.4 Å². The van der Waals surface area contributed by atoms with Crippen LogP contribution in [-0.2, 0) is 11.3 Å². The molecule has 0 aliphatic carbocycles. The van der Waals surface area contributed by atoms with Crippen LogP contribution in [0.2, 0.25) is 0 Å². The number of likely N-dealkylation sites (N-methyl/N-ethyl adjacent to an activating group) is 1. The molecule has 164 valence electrons. The summed E-state index contributed by atoms with van der Waals surface area (Å²) in [6.07, 6.45) is 0. The Labute approximate surface area is 183 Å². The van der Waals surface area contributed by atoms with Crippen LogP contribution in [0.3, 0.4) is 0 Å². The minimum absolute atomic E-state index is 0.228. The molecule has 7 nitrogen and oxygen atoms in total. The van der Waals surface area contributed by atoms with Crippen LogP contribution in [0, 0.1) is 0 Å². The van der Waals surface area contributed by atoms with Crippen molar-refractivity contribution in [3.8, 4) is 22.1 Å². The van der Waals surface area contributed by atoms with Crippen LogP contribution < -0.4 is 9.47 Å². The molecule has 1 aliphatic heterocycles. The zero-order valence-electron chi connectivity index (χ0n) is 18.4. The van der Waals surface area contributed by atoms with Gasteiger partial charge in [0.2, 0.25) is 5.91 Å². The summed E-state index contributed by atoms with van der Waals surface area (Å²) in [5.74, 6) is 1.76. The molecule has 1 amide bonds. The number of piperazine rings is 1. The molecule has 0 spiro atoms. The number of amides is 1. The molecule has 0 N–H and O–H groups in total. The molecule has 30 heavy (non-hydrogen) atoms. The van der Waals surface area contributed by atoms with E-state index in [1.165, 1.54) is 0 Å². The normalized spacial score (nSPS) is 15.2. The largest absolute Gasteiger partial charge is 0.497 e. The van der Waals surface area contributed by atoms with E-state index in [1.54, 1.807) is 25.6 Å². The van der Waals surface area contributed by atoms with Gasteiger partial charge in [-0.3, -0.25) is 14.6 Å². The van der Waals surface area contributed by atoms with Crippen LogP contribution in [0.1, 0.15) is 19.5 Å². The number of carbonyl (C=O) groups is 1. The Morgan fingerprint density at radius 2 is 1.80 bits per heavy atom. The summed E-state index contributed by atoms with van der Waals surface area (Å²) in [7, 11) is 3.31. The monoisotopic (exact) mass is 432 g/mol. The Morgan fingerprint density at radius 1 is 1.10 bits per heavy atom. The number of hydrogen-bond acceptors (Lipinski definition) is 7. The SMILES string of the molecule is CCN(CC)C(=O)CN1CCN(Cc2csc(-c3ccc(OC)cc3OC)n2)CC1. The van der Waals surface area contributed by atoms with E-state index < -0.39 is 0 Å². The minimum atomic E-state index is 0.228. The van der Waals surface area contributed by atoms with Gasteiger partial charge < -0.3 is 14.4 Å². The van der Waals surface area contributed by atoms with Gasteiger partial charge in [-0.1, -0.05) is 0 Å². The molecule has 2 aromatic rings. The maximum absolute atomic E-state index is 12.3. The van der Waals surface area contributed by atoms with E-state index in [1.807, 2.05) is 36.9 Å². The third-order valence-corrected chi connectivity index (χ3v) is 6.44. The Balaban J connectivity index is 1.55. The number of rotatable bonds is 9. The average Bonchev–Trinajstić information content (AvgIpc) is 3.23. The highest BCUT2D eigenvalue weighted by atomic mass is 32.1. The topological polar surface area (TPSA) is 58.1 Å². The van der Waals surface area contributed by atoms with Crippen molar-refractivity contribution in [3.63, 3.8) is 0 Å². The molecule has 1 saturated heterocycles. The molecule has 2 heterocycles. The summed E-state index contributed by atoms with van der Waals surface area (Å²) in [5.41, 5.74) is 2.05. The van der Waals surface area contributed by atoms with Crippen LogP contribution in [0.5, 0.6) is 11.5 Å². The Hall–Kier alpha value is -2.16. The molecule has 3 rings (SSSR count). The van der Waals surface area contributed by atoms with E-state index in [2.05, 4.69) is 15.2 Å². The molecule has 1 aromatic carbocycles. The third-order valence-electron chi connectivity index (χ3n) is 5.52. The minimum Gasteiger partial charge on any atom is -0.497 e. The van der Waals surface area contributed by atoms with Crippen molar-refractivity contribution in [1.29, 1.82) is 0 Å². The van der Waals surface area contributed by atoms with Gasteiger partial charge in [0.15, 0.2) is 0 Å². The average molecular weight is 433 g/mol. The lowest BCUT2D eigenvalue weighted by Crippen LogP contribution is -2.49. The Morgan fingerprint density at radius 3 is 2.43 bits per heavy atom. The number of carbonyl (C=O) groups excluding carboxylic acids is 1. The molecule has 8 heteroatoms. The molecule has 0 radical (unpaired) electrons. The van der Waals surface area contributed by atoms with Crippen LogP contribution in [0.25, 0.3) is 10.6 Å². The fourth-order valence-electron chi connectivity index (χ4n) is 3.68. The summed E-state index contributed by atoms with van der Waals surface area (Å²) in [6, 6.07) is 5.80. The second-order valence-electron chi connectivity index (χ2n) is 7.33. The number of nitrogens with zero attached hydrogens (tertiary/aromatic N) is 4. The third kappa shape index (κ3) is 5.50. The second kappa shape index (κ2) is 10.7. The lowest BCUT2D eigenvalue weighted by Gasteiger charge is -2.34. The lowest BCUT2D eigenvalue weighted by molar-refractivity contribution is -0.132.